The van der Waals surface area contributed by atoms with Crippen LogP contribution in [0, 0.1) is 25.2 Å². The van der Waals surface area contributed by atoms with Gasteiger partial charge in [-0.05, 0) is 43.2 Å². The van der Waals surface area contributed by atoms with Crippen molar-refractivity contribution in [1.82, 2.24) is 9.47 Å². The number of hydrogen-bond acceptors (Lipinski definition) is 7. The molecule has 9 heteroatoms. The maximum atomic E-state index is 13.5. The lowest BCUT2D eigenvalue weighted by molar-refractivity contribution is -0.122. The molecular weight excluding hydrogens is 526 g/mol. The molecule has 0 unspecified atom stereocenters. The molecule has 0 spiro atoms. The third-order valence-corrected chi connectivity index (χ3v) is 8.66. The summed E-state index contributed by atoms with van der Waals surface area (Å²) in [6, 6.07) is 20.4. The number of piperazine rings is 1. The Balaban J connectivity index is 1.49. The van der Waals surface area contributed by atoms with Crippen molar-refractivity contribution >= 4 is 51.8 Å². The van der Waals surface area contributed by atoms with Gasteiger partial charge >= 0.3 is 0 Å². The highest BCUT2D eigenvalue weighted by atomic mass is 32.2. The summed E-state index contributed by atoms with van der Waals surface area (Å²) in [7, 11) is 1.70. The molecule has 1 amide bonds. The van der Waals surface area contributed by atoms with E-state index in [2.05, 4.69) is 28.0 Å². The van der Waals surface area contributed by atoms with Gasteiger partial charge in [0.2, 0.25) is 0 Å². The van der Waals surface area contributed by atoms with E-state index in [0.29, 0.717) is 45.8 Å². The average molecular weight is 556 g/mol. The van der Waals surface area contributed by atoms with Gasteiger partial charge in [0.25, 0.3) is 11.5 Å². The second-order valence-electron chi connectivity index (χ2n) is 9.78. The Morgan fingerprint density at radius 2 is 1.62 bits per heavy atom. The summed E-state index contributed by atoms with van der Waals surface area (Å²) >= 11 is 6.84. The first-order valence-electron chi connectivity index (χ1n) is 12.8. The molecule has 2 saturated heterocycles. The van der Waals surface area contributed by atoms with E-state index in [1.807, 2.05) is 55.5 Å². The highest BCUT2D eigenvalue weighted by molar-refractivity contribution is 8.26. The summed E-state index contributed by atoms with van der Waals surface area (Å²) in [5.41, 5.74) is 4.35. The fraction of sp³-hybridized carbons (Fsp3) is 0.267. The van der Waals surface area contributed by atoms with Gasteiger partial charge in [-0.2, -0.15) is 5.26 Å². The van der Waals surface area contributed by atoms with Gasteiger partial charge in [-0.15, -0.1) is 0 Å². The molecular formula is C30H29N5O2S2. The number of nitrogens with zero attached hydrogens (tertiary/aromatic N) is 5. The second-order valence-corrected chi connectivity index (χ2v) is 11.5. The van der Waals surface area contributed by atoms with Gasteiger partial charge in [-0.1, -0.05) is 72.0 Å². The quantitative estimate of drug-likeness (QED) is 0.337. The fourth-order valence-electron chi connectivity index (χ4n) is 5.05. The molecule has 2 aliphatic rings. The zero-order chi connectivity index (χ0) is 27.7. The number of benzene rings is 2. The summed E-state index contributed by atoms with van der Waals surface area (Å²) in [5.74, 6) is 0.546. The standard InChI is InChI=1S/C30H29N5O2S2/c1-20-9-11-22(12-10-20)19-35-29(37)26(39-30(35)38)17-24-21(2)25(18-31)28(36)32(3)27(24)34-15-13-33(14-16-34)23-7-5-4-6-8-23/h4-12,17H,13-16,19H2,1-3H3/b26-17+. The number of rotatable bonds is 5. The molecule has 2 aromatic carbocycles. The van der Waals surface area contributed by atoms with Crippen LogP contribution in [0.25, 0.3) is 6.08 Å². The maximum absolute atomic E-state index is 13.5. The van der Waals surface area contributed by atoms with Crippen LogP contribution >= 0.6 is 24.0 Å². The van der Waals surface area contributed by atoms with Gasteiger partial charge in [-0.3, -0.25) is 19.1 Å². The van der Waals surface area contributed by atoms with Crippen molar-refractivity contribution < 1.29 is 4.79 Å². The first kappa shape index (κ1) is 26.7. The zero-order valence-corrected chi connectivity index (χ0v) is 23.8. The Morgan fingerprint density at radius 1 is 0.974 bits per heavy atom. The van der Waals surface area contributed by atoms with Crippen molar-refractivity contribution in [2.45, 2.75) is 20.4 Å². The molecule has 0 atom stereocenters. The number of carbonyl (C=O) groups excluding carboxylic acids is 1. The van der Waals surface area contributed by atoms with E-state index in [-0.39, 0.29) is 17.0 Å². The van der Waals surface area contributed by atoms with Crippen molar-refractivity contribution in [3.8, 4) is 6.07 Å². The van der Waals surface area contributed by atoms with Gasteiger partial charge in [0.05, 0.1) is 11.4 Å². The number of aromatic nitrogens is 1. The van der Waals surface area contributed by atoms with Crippen molar-refractivity contribution in [1.29, 1.82) is 5.26 Å². The lowest BCUT2D eigenvalue weighted by Crippen LogP contribution is -2.48. The maximum Gasteiger partial charge on any atom is 0.270 e. The van der Waals surface area contributed by atoms with E-state index in [0.717, 1.165) is 24.2 Å². The molecule has 0 N–H and O–H groups in total. The van der Waals surface area contributed by atoms with Crippen LogP contribution in [0.4, 0.5) is 11.5 Å². The van der Waals surface area contributed by atoms with Gasteiger partial charge in [0, 0.05) is 44.5 Å². The van der Waals surface area contributed by atoms with Crippen LogP contribution in [-0.2, 0) is 18.4 Å². The molecule has 0 bridgehead atoms. The number of thioether (sulfide) groups is 1. The minimum Gasteiger partial charge on any atom is -0.368 e. The molecule has 0 radical (unpaired) electrons. The Hall–Kier alpha value is -3.87. The number of anilines is 2. The summed E-state index contributed by atoms with van der Waals surface area (Å²) in [6.45, 7) is 7.17. The topological polar surface area (TPSA) is 72.6 Å². The molecule has 3 heterocycles. The van der Waals surface area contributed by atoms with Crippen LogP contribution in [0.2, 0.25) is 0 Å². The Labute approximate surface area is 237 Å². The number of carbonyl (C=O) groups is 1. The smallest absolute Gasteiger partial charge is 0.270 e. The van der Waals surface area contributed by atoms with E-state index < -0.39 is 0 Å². The van der Waals surface area contributed by atoms with Gasteiger partial charge in [-0.25, -0.2) is 0 Å². The molecule has 0 saturated carbocycles. The molecule has 0 aliphatic carbocycles. The number of aryl methyl sites for hydroxylation is 1. The largest absolute Gasteiger partial charge is 0.368 e. The highest BCUT2D eigenvalue weighted by Gasteiger charge is 2.33. The number of pyridine rings is 1. The van der Waals surface area contributed by atoms with Crippen LogP contribution in [0.1, 0.15) is 27.8 Å². The Bertz CT molecular complexity index is 1560. The number of thiocarbonyl (C=S) groups is 1. The van der Waals surface area contributed by atoms with E-state index in [4.69, 9.17) is 12.2 Å². The molecule has 7 nitrogen and oxygen atoms in total. The molecule has 39 heavy (non-hydrogen) atoms. The zero-order valence-electron chi connectivity index (χ0n) is 22.2. The number of amides is 1. The molecule has 2 fully saturated rings. The molecule has 198 valence electrons. The van der Waals surface area contributed by atoms with Crippen molar-refractivity contribution in [3.05, 3.63) is 97.7 Å². The van der Waals surface area contributed by atoms with E-state index >= 15 is 0 Å². The highest BCUT2D eigenvalue weighted by Crippen LogP contribution is 2.36. The van der Waals surface area contributed by atoms with Crippen LogP contribution < -0.4 is 15.4 Å². The minimum atomic E-state index is -0.334. The minimum absolute atomic E-state index is 0.0885. The van der Waals surface area contributed by atoms with Crippen LogP contribution in [0.5, 0.6) is 0 Å². The van der Waals surface area contributed by atoms with Crippen LogP contribution in [0.15, 0.2) is 64.3 Å². The van der Waals surface area contributed by atoms with Gasteiger partial charge < -0.3 is 9.80 Å². The molecule has 5 rings (SSSR count). The third kappa shape index (κ3) is 5.22. The monoisotopic (exact) mass is 555 g/mol. The van der Waals surface area contributed by atoms with Crippen LogP contribution in [-0.4, -0.2) is 45.9 Å². The summed E-state index contributed by atoms with van der Waals surface area (Å²) < 4.78 is 2.04. The first-order chi connectivity index (χ1) is 18.8. The van der Waals surface area contributed by atoms with Crippen molar-refractivity contribution in [3.63, 3.8) is 0 Å². The predicted molar refractivity (Wildman–Crippen MR) is 162 cm³/mol. The predicted octanol–water partition coefficient (Wildman–Crippen LogP) is 4.60. The molecule has 3 aromatic rings. The van der Waals surface area contributed by atoms with Crippen molar-refractivity contribution in [2.24, 2.45) is 7.05 Å². The third-order valence-electron chi connectivity index (χ3n) is 7.28. The summed E-state index contributed by atoms with van der Waals surface area (Å²) in [5, 5.41) is 9.79. The second kappa shape index (κ2) is 11.1. The van der Waals surface area contributed by atoms with Crippen molar-refractivity contribution in [2.75, 3.05) is 36.0 Å². The normalized spacial score (nSPS) is 16.8. The van der Waals surface area contributed by atoms with Gasteiger partial charge in [0.15, 0.2) is 0 Å². The van der Waals surface area contributed by atoms with E-state index in [1.54, 1.807) is 23.4 Å². The van der Waals surface area contributed by atoms with Gasteiger partial charge in [0.1, 0.15) is 21.8 Å². The lowest BCUT2D eigenvalue weighted by Gasteiger charge is -2.38. The lowest BCUT2D eigenvalue weighted by atomic mass is 10.0. The number of nitriles is 1. The first-order valence-corrected chi connectivity index (χ1v) is 14.0. The Morgan fingerprint density at radius 3 is 2.26 bits per heavy atom. The van der Waals surface area contributed by atoms with E-state index in [9.17, 15) is 14.9 Å². The summed E-state index contributed by atoms with van der Waals surface area (Å²) in [4.78, 5) is 33.2. The molecule has 2 aliphatic heterocycles. The Kier molecular flexibility index (Phi) is 7.60. The number of para-hydroxylation sites is 1. The van der Waals surface area contributed by atoms with Crippen LogP contribution in [0.3, 0.4) is 0 Å². The van der Waals surface area contributed by atoms with E-state index in [1.165, 1.54) is 17.4 Å². The molecule has 1 aromatic heterocycles. The number of hydrogen-bond donors (Lipinski definition) is 0. The average Bonchev–Trinajstić information content (AvgIpc) is 3.21. The summed E-state index contributed by atoms with van der Waals surface area (Å²) in [6.07, 6.45) is 1.81. The fourth-order valence-corrected chi connectivity index (χ4v) is 6.29. The SMILES string of the molecule is Cc1ccc(CN2C(=O)/C(=C\c3c(C)c(C#N)c(=O)n(C)c3N3CCN(c4ccccc4)CC3)SC2=S)cc1.